The number of nitrogens with zero attached hydrogens (tertiary/aromatic N) is 1. The van der Waals surface area contributed by atoms with Crippen LogP contribution in [0.1, 0.15) is 44.3 Å². The molecule has 1 N–H and O–H groups in total. The van der Waals surface area contributed by atoms with Crippen molar-refractivity contribution in [2.45, 2.75) is 38.7 Å². The zero-order valence-corrected chi connectivity index (χ0v) is 11.6. The summed E-state index contributed by atoms with van der Waals surface area (Å²) in [7, 11) is 0. The van der Waals surface area contributed by atoms with Crippen LogP contribution >= 0.6 is 0 Å². The van der Waals surface area contributed by atoms with E-state index in [0.29, 0.717) is 17.4 Å². The molecule has 0 saturated heterocycles. The fourth-order valence-corrected chi connectivity index (χ4v) is 3.34. The van der Waals surface area contributed by atoms with E-state index in [1.165, 1.54) is 0 Å². The van der Waals surface area contributed by atoms with Gasteiger partial charge < -0.3 is 14.6 Å². The van der Waals surface area contributed by atoms with Gasteiger partial charge in [0.05, 0.1) is 17.6 Å². The molecule has 4 nitrogen and oxygen atoms in total. The van der Waals surface area contributed by atoms with Crippen molar-refractivity contribution >= 4 is 0 Å². The van der Waals surface area contributed by atoms with Gasteiger partial charge in [-0.1, -0.05) is 19.4 Å². The molecule has 0 radical (unpaired) electrons. The van der Waals surface area contributed by atoms with Crippen LogP contribution in [0.25, 0.3) is 0 Å². The van der Waals surface area contributed by atoms with E-state index >= 15 is 0 Å². The standard InChI is InChI=1S/C16H19NO3/c1-2-11-5-6-16(8-11,9-17)15(18)12-3-4-13-14(7-12)20-10-19-13/h3-4,7,11,15,18H,2,5-6,8,10H2,1H3. The number of hydrogen-bond donors (Lipinski definition) is 1. The van der Waals surface area contributed by atoms with Gasteiger partial charge in [-0.05, 0) is 42.9 Å². The van der Waals surface area contributed by atoms with Crippen molar-refractivity contribution in [2.24, 2.45) is 11.3 Å². The Hall–Kier alpha value is -1.73. The van der Waals surface area contributed by atoms with E-state index in [1.54, 1.807) is 12.1 Å². The molecular weight excluding hydrogens is 254 g/mol. The topological polar surface area (TPSA) is 62.5 Å². The molecule has 4 heteroatoms. The van der Waals surface area contributed by atoms with Gasteiger partial charge in [-0.3, -0.25) is 0 Å². The summed E-state index contributed by atoms with van der Waals surface area (Å²) in [6.07, 6.45) is 2.86. The number of aliphatic hydroxyl groups excluding tert-OH is 1. The fourth-order valence-electron chi connectivity index (χ4n) is 3.34. The second-order valence-electron chi connectivity index (χ2n) is 5.80. The number of ether oxygens (including phenoxy) is 2. The lowest BCUT2D eigenvalue weighted by Gasteiger charge is -2.28. The van der Waals surface area contributed by atoms with Crippen LogP contribution < -0.4 is 9.47 Å². The third-order valence-electron chi connectivity index (χ3n) is 4.69. The van der Waals surface area contributed by atoms with Crippen LogP contribution in [-0.2, 0) is 0 Å². The highest BCUT2D eigenvalue weighted by Crippen LogP contribution is 2.51. The van der Waals surface area contributed by atoms with Crippen molar-refractivity contribution < 1.29 is 14.6 Å². The Kier molecular flexibility index (Phi) is 3.31. The molecule has 3 rings (SSSR count). The third-order valence-corrected chi connectivity index (χ3v) is 4.69. The minimum Gasteiger partial charge on any atom is -0.454 e. The molecule has 3 atom stereocenters. The summed E-state index contributed by atoms with van der Waals surface area (Å²) in [4.78, 5) is 0. The lowest BCUT2D eigenvalue weighted by molar-refractivity contribution is 0.0639. The van der Waals surface area contributed by atoms with Gasteiger partial charge in [-0.15, -0.1) is 0 Å². The van der Waals surface area contributed by atoms with E-state index in [0.717, 1.165) is 31.2 Å². The van der Waals surface area contributed by atoms with E-state index in [9.17, 15) is 10.4 Å². The maximum absolute atomic E-state index is 10.7. The van der Waals surface area contributed by atoms with E-state index in [2.05, 4.69) is 13.0 Å². The van der Waals surface area contributed by atoms with Gasteiger partial charge in [0.2, 0.25) is 6.79 Å². The molecule has 0 spiro atoms. The molecule has 1 aliphatic heterocycles. The molecule has 3 unspecified atom stereocenters. The summed E-state index contributed by atoms with van der Waals surface area (Å²) in [5, 5.41) is 20.3. The van der Waals surface area contributed by atoms with Crippen molar-refractivity contribution in [1.82, 2.24) is 0 Å². The highest BCUT2D eigenvalue weighted by molar-refractivity contribution is 5.45. The predicted octanol–water partition coefficient (Wildman–Crippen LogP) is 3.17. The smallest absolute Gasteiger partial charge is 0.231 e. The Bertz CT molecular complexity index is 551. The summed E-state index contributed by atoms with van der Waals surface area (Å²) in [6.45, 7) is 2.36. The van der Waals surface area contributed by atoms with Crippen molar-refractivity contribution in [3.05, 3.63) is 23.8 Å². The first-order valence-electron chi connectivity index (χ1n) is 7.17. The lowest BCUT2D eigenvalue weighted by Crippen LogP contribution is -2.24. The van der Waals surface area contributed by atoms with Crippen LogP contribution in [0.15, 0.2) is 18.2 Å². The van der Waals surface area contributed by atoms with E-state index < -0.39 is 11.5 Å². The molecule has 20 heavy (non-hydrogen) atoms. The van der Waals surface area contributed by atoms with Crippen LogP contribution in [0.4, 0.5) is 0 Å². The van der Waals surface area contributed by atoms with Crippen LogP contribution in [-0.4, -0.2) is 11.9 Å². The number of aliphatic hydroxyl groups is 1. The number of hydrogen-bond acceptors (Lipinski definition) is 4. The molecule has 0 bridgehead atoms. The molecule has 1 heterocycles. The highest BCUT2D eigenvalue weighted by atomic mass is 16.7. The Morgan fingerprint density at radius 3 is 2.95 bits per heavy atom. The zero-order chi connectivity index (χ0) is 14.2. The summed E-state index contributed by atoms with van der Waals surface area (Å²) in [5.74, 6) is 1.89. The number of benzene rings is 1. The Morgan fingerprint density at radius 2 is 2.25 bits per heavy atom. The molecule has 1 aliphatic carbocycles. The third kappa shape index (κ3) is 2.03. The summed E-state index contributed by atoms with van der Waals surface area (Å²) in [5.41, 5.74) is 0.0847. The highest BCUT2D eigenvalue weighted by Gasteiger charge is 2.45. The number of fused-ring (bicyclic) bond motifs is 1. The van der Waals surface area contributed by atoms with E-state index in [1.807, 2.05) is 6.07 Å². The molecule has 1 aromatic rings. The quantitative estimate of drug-likeness (QED) is 0.918. The molecule has 0 amide bonds. The first-order valence-corrected chi connectivity index (χ1v) is 7.17. The normalized spacial score (nSPS) is 29.1. The van der Waals surface area contributed by atoms with Crippen molar-refractivity contribution in [2.75, 3.05) is 6.79 Å². The average molecular weight is 273 g/mol. The largest absolute Gasteiger partial charge is 0.454 e. The molecule has 1 saturated carbocycles. The van der Waals surface area contributed by atoms with Crippen LogP contribution in [0.5, 0.6) is 11.5 Å². The monoisotopic (exact) mass is 273 g/mol. The van der Waals surface area contributed by atoms with E-state index in [4.69, 9.17) is 9.47 Å². The molecule has 106 valence electrons. The first-order chi connectivity index (χ1) is 9.68. The summed E-state index contributed by atoms with van der Waals surface area (Å²) < 4.78 is 10.6. The van der Waals surface area contributed by atoms with Gasteiger partial charge in [0.1, 0.15) is 0 Å². The summed E-state index contributed by atoms with van der Waals surface area (Å²) >= 11 is 0. The zero-order valence-electron chi connectivity index (χ0n) is 11.6. The van der Waals surface area contributed by atoms with Gasteiger partial charge >= 0.3 is 0 Å². The maximum Gasteiger partial charge on any atom is 0.231 e. The lowest BCUT2D eigenvalue weighted by atomic mass is 9.78. The van der Waals surface area contributed by atoms with E-state index in [-0.39, 0.29) is 6.79 Å². The fraction of sp³-hybridized carbons (Fsp3) is 0.562. The second kappa shape index (κ2) is 4.99. The molecule has 1 fully saturated rings. The van der Waals surface area contributed by atoms with Crippen LogP contribution in [0.3, 0.4) is 0 Å². The Balaban J connectivity index is 1.88. The molecule has 2 aliphatic rings. The second-order valence-corrected chi connectivity index (χ2v) is 5.80. The summed E-state index contributed by atoms with van der Waals surface area (Å²) in [6, 6.07) is 7.82. The van der Waals surface area contributed by atoms with Gasteiger partial charge in [-0.25, -0.2) is 0 Å². The van der Waals surface area contributed by atoms with Crippen molar-refractivity contribution in [1.29, 1.82) is 5.26 Å². The van der Waals surface area contributed by atoms with Gasteiger partial charge in [-0.2, -0.15) is 5.26 Å². The minimum atomic E-state index is -0.765. The minimum absolute atomic E-state index is 0.218. The SMILES string of the molecule is CCC1CCC(C#N)(C(O)c2ccc3c(c2)OCO3)C1. The number of nitriles is 1. The van der Waals surface area contributed by atoms with Gasteiger partial charge in [0.25, 0.3) is 0 Å². The molecular formula is C16H19NO3. The first kappa shape index (κ1) is 13.3. The molecule has 1 aromatic carbocycles. The Labute approximate surface area is 118 Å². The van der Waals surface area contributed by atoms with Crippen LogP contribution in [0, 0.1) is 22.7 Å². The van der Waals surface area contributed by atoms with Crippen LogP contribution in [0.2, 0.25) is 0 Å². The predicted molar refractivity (Wildman–Crippen MR) is 73.2 cm³/mol. The Morgan fingerprint density at radius 1 is 1.45 bits per heavy atom. The maximum atomic E-state index is 10.7. The van der Waals surface area contributed by atoms with Gasteiger partial charge in [0.15, 0.2) is 11.5 Å². The van der Waals surface area contributed by atoms with Crippen molar-refractivity contribution in [3.8, 4) is 17.6 Å². The number of rotatable bonds is 3. The van der Waals surface area contributed by atoms with Gasteiger partial charge in [0, 0.05) is 0 Å². The average Bonchev–Trinajstić information content (AvgIpc) is 3.12. The van der Waals surface area contributed by atoms with Crippen molar-refractivity contribution in [3.63, 3.8) is 0 Å². The molecule has 0 aromatic heterocycles.